The number of methoxy groups -OCH3 is 2. The van der Waals surface area contributed by atoms with Gasteiger partial charge in [-0.05, 0) is 53.7 Å². The number of anilines is 1. The van der Waals surface area contributed by atoms with Gasteiger partial charge in [0.05, 0.1) is 25.8 Å². The molecule has 1 N–H and O–H groups in total. The van der Waals surface area contributed by atoms with Gasteiger partial charge < -0.3 is 14.8 Å². The summed E-state index contributed by atoms with van der Waals surface area (Å²) in [6, 6.07) is 11.0. The number of imide groups is 1. The van der Waals surface area contributed by atoms with Gasteiger partial charge in [0, 0.05) is 5.69 Å². The normalized spacial score (nSPS) is 15.4. The second-order valence-corrected chi connectivity index (χ2v) is 6.56. The summed E-state index contributed by atoms with van der Waals surface area (Å²) in [5.74, 6) is 0.284. The number of hydrogen-bond donors (Lipinski definition) is 1. The van der Waals surface area contributed by atoms with Crippen LogP contribution in [0.4, 0.5) is 14.9 Å². The molecule has 2 amide bonds. The van der Waals surface area contributed by atoms with Gasteiger partial charge in [-0.15, -0.1) is 0 Å². The van der Waals surface area contributed by atoms with Gasteiger partial charge in [-0.2, -0.15) is 0 Å². The Morgan fingerprint density at radius 2 is 1.89 bits per heavy atom. The summed E-state index contributed by atoms with van der Waals surface area (Å²) < 4.78 is 23.6. The molecular formula is C19H17FN2O4S. The van der Waals surface area contributed by atoms with Crippen LogP contribution in [-0.4, -0.2) is 36.9 Å². The Morgan fingerprint density at radius 1 is 1.11 bits per heavy atom. The largest absolute Gasteiger partial charge is 0.493 e. The van der Waals surface area contributed by atoms with Gasteiger partial charge in [0.2, 0.25) is 0 Å². The summed E-state index contributed by atoms with van der Waals surface area (Å²) in [4.78, 5) is 26.1. The molecule has 27 heavy (non-hydrogen) atoms. The van der Waals surface area contributed by atoms with Crippen LogP contribution in [0, 0.1) is 5.82 Å². The number of carbonyl (C=O) groups is 2. The van der Waals surface area contributed by atoms with Crippen LogP contribution in [0.2, 0.25) is 0 Å². The molecule has 0 spiro atoms. The molecule has 8 heteroatoms. The van der Waals surface area contributed by atoms with Crippen molar-refractivity contribution in [3.8, 4) is 11.5 Å². The van der Waals surface area contributed by atoms with E-state index >= 15 is 0 Å². The van der Waals surface area contributed by atoms with Gasteiger partial charge in [0.15, 0.2) is 11.5 Å². The van der Waals surface area contributed by atoms with Crippen LogP contribution in [0.15, 0.2) is 47.4 Å². The lowest BCUT2D eigenvalue weighted by molar-refractivity contribution is -0.122. The Bertz CT molecular complexity index is 916. The zero-order valence-corrected chi connectivity index (χ0v) is 15.5. The van der Waals surface area contributed by atoms with Crippen molar-refractivity contribution in [1.82, 2.24) is 4.90 Å². The summed E-state index contributed by atoms with van der Waals surface area (Å²) in [5.41, 5.74) is 1.19. The minimum atomic E-state index is -0.413. The number of rotatable bonds is 6. The summed E-state index contributed by atoms with van der Waals surface area (Å²) in [5, 5.41) is 2.48. The maximum absolute atomic E-state index is 13.2. The van der Waals surface area contributed by atoms with Crippen LogP contribution < -0.4 is 14.8 Å². The first-order chi connectivity index (χ1) is 13.0. The Morgan fingerprint density at radius 3 is 2.59 bits per heavy atom. The molecule has 1 fully saturated rings. The molecule has 140 valence electrons. The number of ether oxygens (including phenoxy) is 2. The van der Waals surface area contributed by atoms with E-state index in [0.29, 0.717) is 27.7 Å². The Labute approximate surface area is 159 Å². The molecule has 0 saturated carbocycles. The smallest absolute Gasteiger partial charge is 0.295 e. The van der Waals surface area contributed by atoms with Gasteiger partial charge in [0.1, 0.15) is 5.82 Å². The molecule has 2 aromatic rings. The number of nitrogens with zero attached hydrogens (tertiary/aromatic N) is 1. The van der Waals surface area contributed by atoms with Crippen LogP contribution in [0.1, 0.15) is 5.56 Å². The fraction of sp³-hybridized carbons (Fsp3) is 0.158. The molecule has 6 nitrogen and oxygen atoms in total. The average Bonchev–Trinajstić information content (AvgIpc) is 2.93. The average molecular weight is 388 g/mol. The maximum Gasteiger partial charge on any atom is 0.295 e. The molecule has 0 aliphatic carbocycles. The predicted octanol–water partition coefficient (Wildman–Crippen LogP) is 3.95. The molecule has 0 aromatic heterocycles. The Kier molecular flexibility index (Phi) is 5.66. The number of benzene rings is 2. The van der Waals surface area contributed by atoms with Crippen molar-refractivity contribution >= 4 is 34.7 Å². The lowest BCUT2D eigenvalue weighted by Crippen LogP contribution is -2.33. The third-order valence-corrected chi connectivity index (χ3v) is 4.75. The molecule has 0 bridgehead atoms. The van der Waals surface area contributed by atoms with E-state index < -0.39 is 17.0 Å². The van der Waals surface area contributed by atoms with Crippen LogP contribution in [0.25, 0.3) is 6.08 Å². The minimum Gasteiger partial charge on any atom is -0.493 e. The first-order valence-electron chi connectivity index (χ1n) is 7.98. The fourth-order valence-electron chi connectivity index (χ4n) is 2.50. The number of nitrogens with one attached hydrogen (secondary N) is 1. The number of amides is 2. The van der Waals surface area contributed by atoms with E-state index in [4.69, 9.17) is 9.47 Å². The highest BCUT2D eigenvalue weighted by Crippen LogP contribution is 2.34. The summed E-state index contributed by atoms with van der Waals surface area (Å²) in [6.45, 7) is -0.0443. The highest BCUT2D eigenvalue weighted by atomic mass is 32.2. The minimum absolute atomic E-state index is 0.0443. The number of thioether (sulfide) groups is 1. The van der Waals surface area contributed by atoms with E-state index in [-0.39, 0.29) is 6.67 Å². The molecule has 0 atom stereocenters. The first-order valence-corrected chi connectivity index (χ1v) is 8.80. The number of carbonyl (C=O) groups excluding carboxylic acids is 2. The molecule has 0 unspecified atom stereocenters. The highest BCUT2D eigenvalue weighted by molar-refractivity contribution is 8.18. The van der Waals surface area contributed by atoms with Crippen LogP contribution in [0.3, 0.4) is 0 Å². The second-order valence-electron chi connectivity index (χ2n) is 5.57. The van der Waals surface area contributed by atoms with Crippen LogP contribution >= 0.6 is 11.8 Å². The molecule has 0 radical (unpaired) electrons. The zero-order chi connectivity index (χ0) is 19.4. The van der Waals surface area contributed by atoms with E-state index in [1.165, 1.54) is 26.4 Å². The van der Waals surface area contributed by atoms with Gasteiger partial charge in [0.25, 0.3) is 11.1 Å². The first kappa shape index (κ1) is 18.8. The molecule has 1 aliphatic rings. The van der Waals surface area contributed by atoms with Gasteiger partial charge in [-0.1, -0.05) is 12.1 Å². The topological polar surface area (TPSA) is 67.9 Å². The monoisotopic (exact) mass is 388 g/mol. The molecular weight excluding hydrogens is 371 g/mol. The van der Waals surface area contributed by atoms with Crippen molar-refractivity contribution in [1.29, 1.82) is 0 Å². The van der Waals surface area contributed by atoms with E-state index in [1.807, 2.05) is 0 Å². The predicted molar refractivity (Wildman–Crippen MR) is 102 cm³/mol. The summed E-state index contributed by atoms with van der Waals surface area (Å²) in [7, 11) is 3.06. The molecule has 1 aliphatic heterocycles. The van der Waals surface area contributed by atoms with Crippen molar-refractivity contribution in [3.63, 3.8) is 0 Å². The molecule has 1 heterocycles. The van der Waals surface area contributed by atoms with E-state index in [0.717, 1.165) is 16.7 Å². The van der Waals surface area contributed by atoms with Crippen molar-refractivity contribution in [3.05, 3.63) is 58.8 Å². The van der Waals surface area contributed by atoms with Gasteiger partial charge in [-0.25, -0.2) is 4.39 Å². The number of hydrogen-bond acceptors (Lipinski definition) is 6. The Balaban J connectivity index is 1.74. The van der Waals surface area contributed by atoms with E-state index in [2.05, 4.69) is 5.32 Å². The van der Waals surface area contributed by atoms with Crippen molar-refractivity contribution in [2.45, 2.75) is 0 Å². The summed E-state index contributed by atoms with van der Waals surface area (Å²) in [6.07, 6.45) is 1.62. The van der Waals surface area contributed by atoms with Crippen molar-refractivity contribution in [2.75, 3.05) is 26.2 Å². The summed E-state index contributed by atoms with van der Waals surface area (Å²) >= 11 is 0.851. The third-order valence-electron chi connectivity index (χ3n) is 3.84. The zero-order valence-electron chi connectivity index (χ0n) is 14.7. The fourth-order valence-corrected chi connectivity index (χ4v) is 3.34. The Hall–Kier alpha value is -3.00. The van der Waals surface area contributed by atoms with Gasteiger partial charge in [-0.3, -0.25) is 14.5 Å². The quantitative estimate of drug-likeness (QED) is 0.756. The second kappa shape index (κ2) is 8.13. The van der Waals surface area contributed by atoms with E-state index in [1.54, 1.807) is 36.4 Å². The molecule has 1 saturated heterocycles. The number of halogens is 1. The van der Waals surface area contributed by atoms with E-state index in [9.17, 15) is 14.0 Å². The highest BCUT2D eigenvalue weighted by Gasteiger charge is 2.34. The maximum atomic E-state index is 13.2. The SMILES string of the molecule is COc1ccc(/C=C2\SC(=O)N(CNc3cccc(F)c3)C2=O)cc1OC. The third kappa shape index (κ3) is 4.22. The molecule has 2 aromatic carbocycles. The van der Waals surface area contributed by atoms with Crippen molar-refractivity contribution in [2.24, 2.45) is 0 Å². The molecule has 3 rings (SSSR count). The van der Waals surface area contributed by atoms with Crippen LogP contribution in [-0.2, 0) is 4.79 Å². The van der Waals surface area contributed by atoms with Gasteiger partial charge >= 0.3 is 0 Å². The lowest BCUT2D eigenvalue weighted by Gasteiger charge is -2.14. The lowest BCUT2D eigenvalue weighted by atomic mass is 10.2. The van der Waals surface area contributed by atoms with Crippen LogP contribution in [0.5, 0.6) is 11.5 Å². The van der Waals surface area contributed by atoms with Crippen molar-refractivity contribution < 1.29 is 23.5 Å². The standard InChI is InChI=1S/C19H17FN2O4S/c1-25-15-7-6-12(8-16(15)26-2)9-17-18(23)22(19(24)27-17)11-21-14-5-3-4-13(20)10-14/h3-10,21H,11H2,1-2H3/b17-9-.